The predicted molar refractivity (Wildman–Crippen MR) is 82.7 cm³/mol. The van der Waals surface area contributed by atoms with E-state index in [2.05, 4.69) is 5.32 Å². The van der Waals surface area contributed by atoms with Gasteiger partial charge in [0.05, 0.1) is 4.34 Å². The van der Waals surface area contributed by atoms with Crippen molar-refractivity contribution in [3.8, 4) is 0 Å². The van der Waals surface area contributed by atoms with E-state index >= 15 is 0 Å². The number of carbonyl (C=O) groups excluding carboxylic acids is 1. The maximum atomic E-state index is 11.8. The standard InChI is InChI=1S/C14H23ClN2OS/c1-10(4-3-5-11(2)16)14(18)17-9-8-12-6-7-13(15)19-12/h6-7,10-11H,3-5,8-9,16H2,1-2H3,(H,17,18). The maximum Gasteiger partial charge on any atom is 0.222 e. The number of hydrogen-bond acceptors (Lipinski definition) is 3. The van der Waals surface area contributed by atoms with Crippen LogP contribution in [0.1, 0.15) is 38.0 Å². The first kappa shape index (κ1) is 16.5. The van der Waals surface area contributed by atoms with E-state index in [4.69, 9.17) is 17.3 Å². The molecule has 3 N–H and O–H groups in total. The number of carbonyl (C=O) groups is 1. The predicted octanol–water partition coefficient (Wildman–Crippen LogP) is 3.21. The summed E-state index contributed by atoms with van der Waals surface area (Å²) in [5.41, 5.74) is 5.69. The van der Waals surface area contributed by atoms with E-state index in [1.165, 1.54) is 4.88 Å². The van der Waals surface area contributed by atoms with Gasteiger partial charge in [-0.05, 0) is 38.3 Å². The van der Waals surface area contributed by atoms with Crippen molar-refractivity contribution in [1.29, 1.82) is 0 Å². The first-order valence-electron chi connectivity index (χ1n) is 6.76. The van der Waals surface area contributed by atoms with Crippen molar-refractivity contribution in [1.82, 2.24) is 5.32 Å². The van der Waals surface area contributed by atoms with E-state index in [1.54, 1.807) is 11.3 Å². The Morgan fingerprint density at radius 2 is 2.16 bits per heavy atom. The number of amides is 1. The fraction of sp³-hybridized carbons (Fsp3) is 0.643. The normalized spacial score (nSPS) is 14.1. The molecule has 0 radical (unpaired) electrons. The molecule has 5 heteroatoms. The van der Waals surface area contributed by atoms with E-state index in [9.17, 15) is 4.79 Å². The average Bonchev–Trinajstić information content (AvgIpc) is 2.74. The molecule has 1 amide bonds. The summed E-state index contributed by atoms with van der Waals surface area (Å²) in [5, 5.41) is 2.97. The Morgan fingerprint density at radius 3 is 2.74 bits per heavy atom. The van der Waals surface area contributed by atoms with Crippen LogP contribution in [-0.2, 0) is 11.2 Å². The van der Waals surface area contributed by atoms with Gasteiger partial charge in [0.25, 0.3) is 0 Å². The van der Waals surface area contributed by atoms with E-state index in [0.29, 0.717) is 6.54 Å². The lowest BCUT2D eigenvalue weighted by atomic mass is 10.0. The summed E-state index contributed by atoms with van der Waals surface area (Å²) in [6, 6.07) is 4.12. The number of nitrogens with two attached hydrogens (primary N) is 1. The molecule has 108 valence electrons. The molecule has 0 aliphatic carbocycles. The van der Waals surface area contributed by atoms with Crippen molar-refractivity contribution >= 4 is 28.8 Å². The molecule has 2 atom stereocenters. The highest BCUT2D eigenvalue weighted by Gasteiger charge is 2.12. The fourth-order valence-electron chi connectivity index (χ4n) is 1.85. The molecule has 1 aromatic heterocycles. The van der Waals surface area contributed by atoms with Crippen molar-refractivity contribution in [2.45, 2.75) is 45.6 Å². The zero-order valence-electron chi connectivity index (χ0n) is 11.6. The highest BCUT2D eigenvalue weighted by atomic mass is 35.5. The van der Waals surface area contributed by atoms with Crippen molar-refractivity contribution < 1.29 is 4.79 Å². The third-order valence-electron chi connectivity index (χ3n) is 3.04. The third kappa shape index (κ3) is 6.95. The quantitative estimate of drug-likeness (QED) is 0.775. The van der Waals surface area contributed by atoms with Crippen molar-refractivity contribution in [3.05, 3.63) is 21.3 Å². The molecule has 0 saturated heterocycles. The fourth-order valence-corrected chi connectivity index (χ4v) is 2.93. The molecular formula is C14H23ClN2OS. The Bertz CT molecular complexity index is 393. The molecule has 0 spiro atoms. The van der Waals surface area contributed by atoms with Gasteiger partial charge in [0.15, 0.2) is 0 Å². The average molecular weight is 303 g/mol. The molecule has 0 saturated carbocycles. The van der Waals surface area contributed by atoms with Crippen LogP contribution in [0.3, 0.4) is 0 Å². The van der Waals surface area contributed by atoms with Gasteiger partial charge >= 0.3 is 0 Å². The summed E-state index contributed by atoms with van der Waals surface area (Å²) in [7, 11) is 0. The molecule has 19 heavy (non-hydrogen) atoms. The Morgan fingerprint density at radius 1 is 1.42 bits per heavy atom. The van der Waals surface area contributed by atoms with Crippen LogP contribution in [-0.4, -0.2) is 18.5 Å². The summed E-state index contributed by atoms with van der Waals surface area (Å²) < 4.78 is 0.797. The van der Waals surface area contributed by atoms with Gasteiger partial charge in [-0.2, -0.15) is 0 Å². The van der Waals surface area contributed by atoms with E-state index in [-0.39, 0.29) is 17.9 Å². The van der Waals surface area contributed by atoms with Gasteiger partial charge in [0.2, 0.25) is 5.91 Å². The second kappa shape index (κ2) is 8.56. The first-order chi connectivity index (χ1) is 8.99. The number of nitrogens with one attached hydrogen (secondary N) is 1. The van der Waals surface area contributed by atoms with Crippen LogP contribution in [0.15, 0.2) is 12.1 Å². The molecule has 0 aromatic carbocycles. The molecule has 0 aliphatic rings. The molecule has 0 bridgehead atoms. The lowest BCUT2D eigenvalue weighted by molar-refractivity contribution is -0.124. The van der Waals surface area contributed by atoms with E-state index in [1.807, 2.05) is 26.0 Å². The van der Waals surface area contributed by atoms with Crippen molar-refractivity contribution in [3.63, 3.8) is 0 Å². The number of hydrogen-bond donors (Lipinski definition) is 2. The van der Waals surface area contributed by atoms with Crippen molar-refractivity contribution in [2.24, 2.45) is 11.7 Å². The van der Waals surface area contributed by atoms with Crippen molar-refractivity contribution in [2.75, 3.05) is 6.54 Å². The Hall–Kier alpha value is -0.580. The number of halogens is 1. The molecule has 3 nitrogen and oxygen atoms in total. The summed E-state index contributed by atoms with van der Waals surface area (Å²) in [6.07, 6.45) is 3.73. The lowest BCUT2D eigenvalue weighted by Gasteiger charge is -2.12. The van der Waals surface area contributed by atoms with Crippen LogP contribution in [0.25, 0.3) is 0 Å². The van der Waals surface area contributed by atoms with Gasteiger partial charge in [-0.1, -0.05) is 24.9 Å². The van der Waals surface area contributed by atoms with E-state index < -0.39 is 0 Å². The summed E-state index contributed by atoms with van der Waals surface area (Å²) in [5.74, 6) is 0.193. The molecule has 0 aliphatic heterocycles. The minimum atomic E-state index is 0.0608. The largest absolute Gasteiger partial charge is 0.356 e. The Balaban J connectivity index is 2.16. The van der Waals surface area contributed by atoms with Crippen LogP contribution in [0.5, 0.6) is 0 Å². The van der Waals surface area contributed by atoms with Gasteiger partial charge < -0.3 is 11.1 Å². The molecule has 1 aromatic rings. The Labute approximate surface area is 124 Å². The highest BCUT2D eigenvalue weighted by molar-refractivity contribution is 7.16. The van der Waals surface area contributed by atoms with Crippen LogP contribution in [0.4, 0.5) is 0 Å². The minimum absolute atomic E-state index is 0.0608. The highest BCUT2D eigenvalue weighted by Crippen LogP contribution is 2.21. The maximum absolute atomic E-state index is 11.8. The number of rotatable bonds is 8. The van der Waals surface area contributed by atoms with Gasteiger partial charge in [0, 0.05) is 23.4 Å². The third-order valence-corrected chi connectivity index (χ3v) is 4.33. The summed E-state index contributed by atoms with van der Waals surface area (Å²) in [6.45, 7) is 4.64. The van der Waals surface area contributed by atoms with Crippen LogP contribution < -0.4 is 11.1 Å². The molecule has 1 rings (SSSR count). The Kier molecular flexibility index (Phi) is 7.42. The summed E-state index contributed by atoms with van der Waals surface area (Å²) in [4.78, 5) is 13.1. The van der Waals surface area contributed by atoms with Crippen LogP contribution >= 0.6 is 22.9 Å². The van der Waals surface area contributed by atoms with Gasteiger partial charge in [-0.25, -0.2) is 0 Å². The zero-order valence-corrected chi connectivity index (χ0v) is 13.2. The molecular weight excluding hydrogens is 280 g/mol. The van der Waals surface area contributed by atoms with Gasteiger partial charge in [-0.3, -0.25) is 4.79 Å². The van der Waals surface area contributed by atoms with Crippen LogP contribution in [0, 0.1) is 5.92 Å². The lowest BCUT2D eigenvalue weighted by Crippen LogP contribution is -2.31. The van der Waals surface area contributed by atoms with Gasteiger partial charge in [-0.15, -0.1) is 11.3 Å². The zero-order chi connectivity index (χ0) is 14.3. The smallest absolute Gasteiger partial charge is 0.222 e. The van der Waals surface area contributed by atoms with Gasteiger partial charge in [0.1, 0.15) is 0 Å². The molecule has 2 unspecified atom stereocenters. The summed E-state index contributed by atoms with van der Waals surface area (Å²) >= 11 is 7.42. The molecule has 1 heterocycles. The second-order valence-electron chi connectivity index (χ2n) is 5.06. The topological polar surface area (TPSA) is 55.1 Å². The minimum Gasteiger partial charge on any atom is -0.356 e. The first-order valence-corrected chi connectivity index (χ1v) is 7.96. The van der Waals surface area contributed by atoms with Crippen LogP contribution in [0.2, 0.25) is 4.34 Å². The monoisotopic (exact) mass is 302 g/mol. The van der Waals surface area contributed by atoms with E-state index in [0.717, 1.165) is 30.0 Å². The molecule has 0 fully saturated rings. The number of thiophene rings is 1. The second-order valence-corrected chi connectivity index (χ2v) is 6.86. The SMILES string of the molecule is CC(N)CCCC(C)C(=O)NCCc1ccc(Cl)s1.